The molecule has 2 atom stereocenters. The number of nitrogens with one attached hydrogen (secondary N) is 3. The molecule has 2 aliphatic heterocycles. The highest BCUT2D eigenvalue weighted by Crippen LogP contribution is 2.37. The van der Waals surface area contributed by atoms with Crippen molar-refractivity contribution in [2.45, 2.75) is 44.6 Å². The number of halogens is 1. The number of benzene rings is 3. The molecule has 3 aromatic rings. The molecule has 0 saturated carbocycles. The van der Waals surface area contributed by atoms with Crippen LogP contribution in [0.25, 0.3) is 16.7 Å². The fourth-order valence-electron chi connectivity index (χ4n) is 5.67. The average Bonchev–Trinajstić information content (AvgIpc) is 3.00. The second-order valence-electron chi connectivity index (χ2n) is 11.0. The van der Waals surface area contributed by atoms with E-state index >= 15 is 0 Å². The van der Waals surface area contributed by atoms with Crippen molar-refractivity contribution in [2.75, 3.05) is 22.8 Å². The minimum atomic E-state index is -0.575. The molecule has 2 heterocycles. The van der Waals surface area contributed by atoms with Crippen molar-refractivity contribution in [1.29, 1.82) is 0 Å². The second-order valence-corrected chi connectivity index (χ2v) is 11.4. The number of nitrogens with zero attached hydrogens (tertiary/aromatic N) is 1. The molecule has 228 valence electrons. The number of amides is 2. The first-order valence-electron chi connectivity index (χ1n) is 14.5. The molecule has 0 radical (unpaired) electrons. The van der Waals surface area contributed by atoms with Crippen LogP contribution in [0.1, 0.15) is 49.7 Å². The van der Waals surface area contributed by atoms with E-state index in [0.717, 1.165) is 47.2 Å². The van der Waals surface area contributed by atoms with Crippen molar-refractivity contribution in [2.24, 2.45) is 11.6 Å². The maximum Gasteiger partial charge on any atom is 0.411 e. The Morgan fingerprint density at radius 1 is 1.11 bits per heavy atom. The maximum absolute atomic E-state index is 12.9. The zero-order valence-corrected chi connectivity index (χ0v) is 25.5. The van der Waals surface area contributed by atoms with Gasteiger partial charge >= 0.3 is 6.09 Å². The smallest absolute Gasteiger partial charge is 0.411 e. The first-order valence-corrected chi connectivity index (χ1v) is 14.9. The third kappa shape index (κ3) is 7.24. The summed E-state index contributed by atoms with van der Waals surface area (Å²) >= 11 is 6.38. The number of ether oxygens (including phenoxy) is 1. The molecule has 44 heavy (non-hydrogen) atoms. The summed E-state index contributed by atoms with van der Waals surface area (Å²) in [5, 5.41) is 11.5. The van der Waals surface area contributed by atoms with Gasteiger partial charge in [-0.25, -0.2) is 10.6 Å². The number of hydrogen-bond acceptors (Lipinski definition) is 7. The fourth-order valence-corrected chi connectivity index (χ4v) is 5.84. The van der Waals surface area contributed by atoms with Crippen molar-refractivity contribution < 1.29 is 14.3 Å². The highest BCUT2D eigenvalue weighted by Gasteiger charge is 2.25. The maximum atomic E-state index is 12.9. The average molecular weight is 613 g/mol. The zero-order valence-electron chi connectivity index (χ0n) is 24.8. The van der Waals surface area contributed by atoms with E-state index in [4.69, 9.17) is 27.9 Å². The second kappa shape index (κ2) is 13.7. The van der Waals surface area contributed by atoms with Crippen LogP contribution < -0.4 is 32.5 Å². The molecule has 2 aliphatic rings. The molecule has 0 spiro atoms. The van der Waals surface area contributed by atoms with E-state index < -0.39 is 6.09 Å². The Hall–Kier alpha value is -4.73. The molecular formula is C34H37ClN6O3. The Balaban J connectivity index is 1.45. The first kappa shape index (κ1) is 30.7. The summed E-state index contributed by atoms with van der Waals surface area (Å²) in [4.78, 5) is 24.7. The van der Waals surface area contributed by atoms with Gasteiger partial charge in [-0.05, 0) is 66.8 Å². The lowest BCUT2D eigenvalue weighted by Gasteiger charge is -2.30. The van der Waals surface area contributed by atoms with E-state index in [1.807, 2.05) is 36.5 Å². The minimum absolute atomic E-state index is 0.0275. The van der Waals surface area contributed by atoms with Gasteiger partial charge in [0.05, 0.1) is 24.5 Å². The Labute approximate surface area is 262 Å². The van der Waals surface area contributed by atoms with E-state index in [1.165, 1.54) is 17.7 Å². The third-order valence-corrected chi connectivity index (χ3v) is 7.99. The fraction of sp³-hybridized carbons (Fsp3) is 0.235. The summed E-state index contributed by atoms with van der Waals surface area (Å²) in [7, 11) is 1.31. The van der Waals surface area contributed by atoms with Gasteiger partial charge in [-0.2, -0.15) is 0 Å². The van der Waals surface area contributed by atoms with E-state index in [9.17, 15) is 9.59 Å². The molecule has 5 rings (SSSR count). The molecule has 7 N–H and O–H groups in total. The van der Waals surface area contributed by atoms with E-state index in [1.54, 1.807) is 31.3 Å². The zero-order chi connectivity index (χ0) is 31.2. The topological polar surface area (TPSA) is 135 Å². The molecule has 2 bridgehead atoms. The lowest BCUT2D eigenvalue weighted by Crippen LogP contribution is -2.32. The number of hydrazine groups is 1. The molecule has 0 fully saturated rings. The normalized spacial score (nSPS) is 18.4. The van der Waals surface area contributed by atoms with Crippen molar-refractivity contribution in [3.05, 3.63) is 107 Å². The number of carbonyl (C=O) groups excluding carboxylic acids is 2. The first-order chi connectivity index (χ1) is 21.2. The Morgan fingerprint density at radius 3 is 2.70 bits per heavy atom. The molecule has 0 saturated heterocycles. The largest absolute Gasteiger partial charge is 0.453 e. The number of methoxy groups -OCH3 is 1. The molecule has 9 nitrogen and oxygen atoms in total. The van der Waals surface area contributed by atoms with Crippen LogP contribution >= 0.6 is 11.6 Å². The molecule has 0 aliphatic carbocycles. The number of rotatable bonds is 5. The Bertz CT molecular complexity index is 1650. The number of carbonyl (C=O) groups is 2. The number of dihydropyridines is 1. The van der Waals surface area contributed by atoms with Crippen LogP contribution in [-0.2, 0) is 9.53 Å². The highest BCUT2D eigenvalue weighted by atomic mass is 35.5. The van der Waals surface area contributed by atoms with Crippen LogP contribution in [0, 0.1) is 0 Å². The Morgan fingerprint density at radius 2 is 1.95 bits per heavy atom. The van der Waals surface area contributed by atoms with Crippen LogP contribution in [0.3, 0.4) is 0 Å². The predicted molar refractivity (Wildman–Crippen MR) is 178 cm³/mol. The van der Waals surface area contributed by atoms with Crippen LogP contribution in [0.4, 0.5) is 21.9 Å². The van der Waals surface area contributed by atoms with Crippen LogP contribution in [-0.4, -0.2) is 25.2 Å². The van der Waals surface area contributed by atoms with Gasteiger partial charge in [0.25, 0.3) is 0 Å². The van der Waals surface area contributed by atoms with Crippen molar-refractivity contribution >= 4 is 46.2 Å². The molecule has 2 amide bonds. The van der Waals surface area contributed by atoms with E-state index in [0.29, 0.717) is 28.5 Å². The minimum Gasteiger partial charge on any atom is -0.453 e. The molecule has 3 aromatic carbocycles. The monoisotopic (exact) mass is 612 g/mol. The summed E-state index contributed by atoms with van der Waals surface area (Å²) in [6.45, 7) is 1.78. The van der Waals surface area contributed by atoms with Gasteiger partial charge in [0.2, 0.25) is 5.91 Å². The number of fused-ring (bicyclic) bond motifs is 4. The molecule has 2 unspecified atom stereocenters. The van der Waals surface area contributed by atoms with Crippen molar-refractivity contribution in [1.82, 2.24) is 5.32 Å². The van der Waals surface area contributed by atoms with Crippen LogP contribution in [0.2, 0.25) is 5.02 Å². The SMILES string of the molecule is COC(=O)Nc1ccc2c(c1)NC(=O)CCCCC(C1C=CC(c3cc(Cl)ccc3N(N)/C=C(/C)N)=CN1)c1cccc-2c1. The van der Waals surface area contributed by atoms with Gasteiger partial charge < -0.3 is 21.1 Å². The lowest BCUT2D eigenvalue weighted by molar-refractivity contribution is -0.116. The summed E-state index contributed by atoms with van der Waals surface area (Å²) in [5.41, 5.74) is 13.3. The van der Waals surface area contributed by atoms with Crippen LogP contribution in [0.5, 0.6) is 0 Å². The molecule has 0 aromatic heterocycles. The number of allylic oxidation sites excluding steroid dienone is 3. The summed E-state index contributed by atoms with van der Waals surface area (Å²) in [6.07, 6.45) is 10.3. The summed E-state index contributed by atoms with van der Waals surface area (Å²) < 4.78 is 4.73. The quantitative estimate of drug-likeness (QED) is 0.157. The van der Waals surface area contributed by atoms with Crippen LogP contribution in [0.15, 0.2) is 90.9 Å². The van der Waals surface area contributed by atoms with Gasteiger partial charge in [-0.1, -0.05) is 60.5 Å². The predicted octanol–water partition coefficient (Wildman–Crippen LogP) is 6.85. The van der Waals surface area contributed by atoms with Gasteiger partial charge in [0, 0.05) is 52.3 Å². The van der Waals surface area contributed by atoms with Gasteiger partial charge in [-0.3, -0.25) is 15.1 Å². The van der Waals surface area contributed by atoms with Gasteiger partial charge in [0.1, 0.15) is 0 Å². The van der Waals surface area contributed by atoms with Crippen molar-refractivity contribution in [3.8, 4) is 11.1 Å². The van der Waals surface area contributed by atoms with Gasteiger partial charge in [-0.15, -0.1) is 0 Å². The number of anilines is 3. The molecular weight excluding hydrogens is 576 g/mol. The van der Waals surface area contributed by atoms with E-state index in [-0.39, 0.29) is 17.9 Å². The summed E-state index contributed by atoms with van der Waals surface area (Å²) in [5.74, 6) is 6.40. The van der Waals surface area contributed by atoms with Gasteiger partial charge in [0.15, 0.2) is 0 Å². The molecule has 10 heteroatoms. The van der Waals surface area contributed by atoms with E-state index in [2.05, 4.69) is 40.2 Å². The summed E-state index contributed by atoms with van der Waals surface area (Å²) in [6, 6.07) is 19.5. The highest BCUT2D eigenvalue weighted by molar-refractivity contribution is 6.31. The number of nitrogens with two attached hydrogens (primary N) is 2. The lowest BCUT2D eigenvalue weighted by atomic mass is 9.83. The Kier molecular flexibility index (Phi) is 9.57. The third-order valence-electron chi connectivity index (χ3n) is 7.76. The standard InChI is InChI=1S/C34H37ClN6O3/c1-21(36)20-41(37)32-15-11-25(35)17-29(32)24-10-14-30(38-19-24)27-8-3-4-9-33(42)40-31-18-26(39-34(43)44-2)12-13-28(31)23-7-5-6-22(27)16-23/h5-7,10-20,27,30,38H,3-4,8-9,36-37H2,1-2H3,(H,39,43)(H,40,42)/b21-20-. The number of hydrogen-bond donors (Lipinski definition) is 5. The van der Waals surface area contributed by atoms with Crippen molar-refractivity contribution in [3.63, 3.8) is 0 Å².